The number of rotatable bonds is 40. The van der Waals surface area contributed by atoms with Crippen LogP contribution in [0.3, 0.4) is 0 Å². The molecule has 0 amide bonds. The topological polar surface area (TPSA) is 241 Å². The van der Waals surface area contributed by atoms with E-state index in [0.29, 0.717) is 148 Å². The molecule has 0 radical (unpaired) electrons. The number of ether oxygens (including phenoxy) is 10. The first kappa shape index (κ1) is 96.1. The number of fused-ring (bicyclic) bond motifs is 1. The first-order valence-corrected chi connectivity index (χ1v) is 46.4. The van der Waals surface area contributed by atoms with E-state index in [0.717, 1.165) is 57.8 Å². The standard InChI is InChI=1S/C30H44ClFO6.C25H36ClFO5.C24H26ClFO5.C5H10O2.I2/c1-2-17-35-29(34)13-6-4-3-5-12-25-26(28(20-27(25)33)38-30-14-7-8-18-36-30)16-15-23(32)21-37-24-11-9-10-22(31)19-24;1-2-14-31-25(30)11-6-4-3-5-10-21-22(24(29)16-23(21)28)13-12-19(27)17-32-20-9-7-8-18(26)15-20;25-16-7-4-8-18(11-16)29-14-17(26)9-10-19-20-12-23(27)30-22(20)13-21(19)31-24(28)15-5-2-1-3-6-15;1-3-4-7-5(2)6;1-2/h3,5,9-11,19,23,25-28,30,33H,2,4,6-8,12-18,20-21H2,1H3;3,5,7-9,15,19,21-24,28-29H,2,4,6,10-14,16-17H2,1H3;1-8,11,17,19-23,27H,9-10,12-14H2;3-4H2,1-2H3;/b2*5-3-;;;/t23-,25-,26-,27+,28-,30?;19-,21-,22-,23+,24-;17-,19-,20-,21-,22+,23?;;/m111../s1. The number of unbranched alkanes of at least 4 members (excludes halogenated alkanes) is 2. The number of aliphatic hydroxyl groups is 4. The lowest BCUT2D eigenvalue weighted by Gasteiger charge is -2.30. The second kappa shape index (κ2) is 55.9. The molecule has 0 spiro atoms. The van der Waals surface area contributed by atoms with Gasteiger partial charge in [-0.3, -0.25) is 14.4 Å². The molecule has 5 aliphatic rings. The van der Waals surface area contributed by atoms with Crippen molar-refractivity contribution in [2.24, 2.45) is 35.5 Å². The van der Waals surface area contributed by atoms with Gasteiger partial charge in [0.25, 0.3) is 0 Å². The number of alkyl halides is 3. The van der Waals surface area contributed by atoms with Crippen LogP contribution >= 0.6 is 72.0 Å². The van der Waals surface area contributed by atoms with Gasteiger partial charge >= 0.3 is 23.9 Å². The van der Waals surface area contributed by atoms with Gasteiger partial charge in [-0.2, -0.15) is 0 Å². The number of carbonyl (C=O) groups excluding carboxylic acids is 4. The van der Waals surface area contributed by atoms with Gasteiger partial charge in [0.05, 0.1) is 55.9 Å². The smallest absolute Gasteiger partial charge is 0.338 e. The van der Waals surface area contributed by atoms with Crippen molar-refractivity contribution in [2.45, 2.75) is 250 Å². The Balaban J connectivity index is 0.000000281. The number of aliphatic hydroxyl groups excluding tert-OH is 4. The predicted octanol–water partition coefficient (Wildman–Crippen LogP) is 19.6. The van der Waals surface area contributed by atoms with Gasteiger partial charge in [0.15, 0.2) is 12.6 Å². The van der Waals surface area contributed by atoms with E-state index in [4.69, 9.17) is 77.4 Å². The number of halogens is 8. The summed E-state index contributed by atoms with van der Waals surface area (Å²) in [5, 5.41) is 43.1. The van der Waals surface area contributed by atoms with Crippen molar-refractivity contribution in [2.75, 3.05) is 46.2 Å². The predicted molar refractivity (Wildman–Crippen MR) is 438 cm³/mol. The third-order valence-corrected chi connectivity index (χ3v) is 20.4. The number of benzene rings is 4. The molecule has 0 aromatic heterocycles. The zero-order valence-electron chi connectivity index (χ0n) is 63.9. The Kier molecular flexibility index (Phi) is 48.8. The molecule has 110 heavy (non-hydrogen) atoms. The van der Waals surface area contributed by atoms with Gasteiger partial charge < -0.3 is 67.8 Å². The van der Waals surface area contributed by atoms with E-state index in [9.17, 15) is 52.8 Å². The summed E-state index contributed by atoms with van der Waals surface area (Å²) in [5.74, 6) is 0.420. The largest absolute Gasteiger partial charge is 0.491 e. The second-order valence-electron chi connectivity index (χ2n) is 28.3. The maximum atomic E-state index is 14.8. The highest BCUT2D eigenvalue weighted by atomic mass is 128. The molecule has 5 fully saturated rings. The number of esters is 4. The molecular formula is C84H116Cl3F3I2O18. The fourth-order valence-electron chi connectivity index (χ4n) is 14.3. The Morgan fingerprint density at radius 2 is 1.01 bits per heavy atom. The van der Waals surface area contributed by atoms with Crippen LogP contribution in [0.25, 0.3) is 0 Å². The van der Waals surface area contributed by atoms with Gasteiger partial charge in [0.2, 0.25) is 0 Å². The van der Waals surface area contributed by atoms with E-state index in [1.54, 1.807) is 97.1 Å². The molecule has 9 rings (SSSR count). The summed E-state index contributed by atoms with van der Waals surface area (Å²) in [6, 6.07) is 29.5. The Morgan fingerprint density at radius 3 is 1.47 bits per heavy atom. The normalized spacial score (nSPS) is 24.7. The summed E-state index contributed by atoms with van der Waals surface area (Å²) in [4.78, 5) is 45.7. The van der Waals surface area contributed by atoms with Crippen LogP contribution in [0, 0.1) is 35.5 Å². The van der Waals surface area contributed by atoms with Gasteiger partial charge in [0.1, 0.15) is 61.7 Å². The lowest BCUT2D eigenvalue weighted by Crippen LogP contribution is -2.32. The van der Waals surface area contributed by atoms with Crippen LogP contribution in [0.15, 0.2) is 127 Å². The molecule has 2 unspecified atom stereocenters. The Labute approximate surface area is 687 Å². The highest BCUT2D eigenvalue weighted by Gasteiger charge is 2.51. The molecule has 2 saturated heterocycles. The average Bonchev–Trinajstić information content (AvgIpc) is 1.65. The van der Waals surface area contributed by atoms with Gasteiger partial charge in [-0.25, -0.2) is 18.0 Å². The summed E-state index contributed by atoms with van der Waals surface area (Å²) >= 11 is 22.1. The van der Waals surface area contributed by atoms with Crippen molar-refractivity contribution in [1.82, 2.24) is 0 Å². The number of hydrogen-bond acceptors (Lipinski definition) is 18. The number of hydrogen-bond donors (Lipinski definition) is 4. The molecule has 26 heteroatoms. The van der Waals surface area contributed by atoms with E-state index >= 15 is 0 Å². The molecule has 2 heterocycles. The maximum absolute atomic E-state index is 14.8. The maximum Gasteiger partial charge on any atom is 0.338 e. The molecule has 3 aliphatic carbocycles. The van der Waals surface area contributed by atoms with Crippen LogP contribution in [0.4, 0.5) is 13.2 Å². The summed E-state index contributed by atoms with van der Waals surface area (Å²) < 4.78 is 98.6. The fraction of sp³-hybridized carbons (Fsp3) is 0.619. The molecular weight excluding hydrogens is 1710 g/mol. The number of allylic oxidation sites excluding steroid dienone is 4. The van der Waals surface area contributed by atoms with E-state index < -0.39 is 49.1 Å². The van der Waals surface area contributed by atoms with Crippen LogP contribution in [0.5, 0.6) is 17.2 Å². The summed E-state index contributed by atoms with van der Waals surface area (Å²) in [5.41, 5.74) is 0.484. The first-order chi connectivity index (χ1) is 53.1. The lowest BCUT2D eigenvalue weighted by molar-refractivity contribution is -0.196. The first-order valence-electron chi connectivity index (χ1n) is 39.0. The Morgan fingerprint density at radius 1 is 0.545 bits per heavy atom. The van der Waals surface area contributed by atoms with Crippen molar-refractivity contribution in [1.29, 1.82) is 0 Å². The molecule has 616 valence electrons. The summed E-state index contributed by atoms with van der Waals surface area (Å²) in [7, 11) is 0. The molecule has 18 nitrogen and oxygen atoms in total. The minimum Gasteiger partial charge on any atom is -0.491 e. The van der Waals surface area contributed by atoms with E-state index in [1.165, 1.54) is 6.92 Å². The van der Waals surface area contributed by atoms with Gasteiger partial charge in [-0.1, -0.05) is 116 Å². The van der Waals surface area contributed by atoms with E-state index in [-0.39, 0.29) is 111 Å². The van der Waals surface area contributed by atoms with Crippen LogP contribution in [0.2, 0.25) is 15.1 Å². The highest BCUT2D eigenvalue weighted by Crippen LogP contribution is 2.47. The van der Waals surface area contributed by atoms with Crippen LogP contribution in [0.1, 0.15) is 192 Å². The molecule has 2 aliphatic heterocycles. The fourth-order valence-corrected chi connectivity index (χ4v) is 14.8. The third kappa shape index (κ3) is 37.8. The summed E-state index contributed by atoms with van der Waals surface area (Å²) in [6.45, 7) is 9.29. The average molecular weight is 1830 g/mol. The second-order valence-corrected chi connectivity index (χ2v) is 29.7. The van der Waals surface area contributed by atoms with Crippen molar-refractivity contribution >= 4 is 95.9 Å². The van der Waals surface area contributed by atoms with E-state index in [2.05, 4.69) is 54.1 Å². The molecule has 0 bridgehead atoms. The Hall–Kier alpha value is -4.52. The zero-order valence-corrected chi connectivity index (χ0v) is 70.5. The summed E-state index contributed by atoms with van der Waals surface area (Å²) in [6.07, 6.45) is 16.0. The van der Waals surface area contributed by atoms with Crippen molar-refractivity contribution in [3.05, 3.63) is 148 Å². The molecule has 3 saturated carbocycles. The van der Waals surface area contributed by atoms with Crippen molar-refractivity contribution in [3.8, 4) is 17.2 Å². The van der Waals surface area contributed by atoms with Gasteiger partial charge in [0, 0.05) is 104 Å². The molecule has 4 N–H and O–H groups in total. The van der Waals surface area contributed by atoms with Gasteiger partial charge in [-0.15, -0.1) is 0 Å². The monoisotopic (exact) mass is 1830 g/mol. The molecule has 17 atom stereocenters. The van der Waals surface area contributed by atoms with Crippen LogP contribution < -0.4 is 14.2 Å². The third-order valence-electron chi connectivity index (χ3n) is 19.7. The molecule has 4 aromatic rings. The SMILES string of the molecule is CCCOC(=O)CCC/C=C\C[C@@H]1[C@@H](CC[C@@H](F)COc2cccc(Cl)c2)[C@H](O)C[C@@H]1O.CCCOC(=O)CCC/C=C\C[C@@H]1[C@@H](CC[C@@H](F)COc2cccc(Cl)c2)[C@H](OC2CCCCO2)C[C@@H]1O.CCCOC(C)=O.II.O=C(O[C@@H]1C[C@@H]2OC(O)C[C@@H]2[C@H]1CC[C@@H](F)COc1cccc(Cl)c1)c1ccccc1. The quantitative estimate of drug-likeness (QED) is 0.0106. The lowest BCUT2D eigenvalue weighted by atomic mass is 9.86. The van der Waals surface area contributed by atoms with Crippen LogP contribution in [-0.4, -0.2) is 158 Å². The minimum absolute atomic E-state index is 0.0181. The minimum atomic E-state index is -1.17. The van der Waals surface area contributed by atoms with Crippen molar-refractivity contribution < 1.29 is 100 Å². The Bertz CT molecular complexity index is 3260. The number of carbonyl (C=O) groups is 4. The van der Waals surface area contributed by atoms with Crippen LogP contribution in [-0.2, 0) is 47.5 Å². The van der Waals surface area contributed by atoms with Gasteiger partial charge in [-0.05, 0) is 218 Å². The van der Waals surface area contributed by atoms with E-state index in [1.807, 2.05) is 39.0 Å². The van der Waals surface area contributed by atoms with Crippen molar-refractivity contribution in [3.63, 3.8) is 0 Å². The zero-order chi connectivity index (χ0) is 80.0. The molecule has 4 aromatic carbocycles. The highest BCUT2D eigenvalue weighted by molar-refractivity contribution is 15.0.